The third kappa shape index (κ3) is 2.87. The van der Waals surface area contributed by atoms with Crippen LogP contribution in [0.3, 0.4) is 0 Å². The molecule has 0 amide bonds. The van der Waals surface area contributed by atoms with Crippen LogP contribution in [-0.2, 0) is 10.0 Å². The number of hydrogen-bond acceptors (Lipinski definition) is 5. The van der Waals surface area contributed by atoms with Gasteiger partial charge in [-0.15, -0.1) is 11.3 Å². The number of aryl methyl sites for hydroxylation is 1. The van der Waals surface area contributed by atoms with Crippen molar-refractivity contribution in [2.24, 2.45) is 5.73 Å². The summed E-state index contributed by atoms with van der Waals surface area (Å²) in [6.07, 6.45) is 0.713. The Morgan fingerprint density at radius 3 is 2.86 bits per heavy atom. The summed E-state index contributed by atoms with van der Waals surface area (Å²) in [5.74, 6) is 0. The van der Waals surface area contributed by atoms with Crippen LogP contribution in [0.5, 0.6) is 0 Å². The summed E-state index contributed by atoms with van der Waals surface area (Å²) in [6.45, 7) is 2.80. The van der Waals surface area contributed by atoms with Gasteiger partial charge in [-0.2, -0.15) is 4.31 Å². The lowest BCUT2D eigenvalue weighted by atomic mass is 10.2. The van der Waals surface area contributed by atoms with Crippen LogP contribution in [-0.4, -0.2) is 36.8 Å². The van der Waals surface area contributed by atoms with Crippen molar-refractivity contribution < 1.29 is 8.42 Å². The molecule has 2 heterocycles. The number of benzene rings is 1. The molecule has 0 radical (unpaired) electrons. The van der Waals surface area contributed by atoms with E-state index in [1.54, 1.807) is 18.2 Å². The fraction of sp³-hybridized carbons (Fsp3) is 0.357. The summed E-state index contributed by atoms with van der Waals surface area (Å²) in [6, 6.07) is 6.90. The molecule has 1 saturated heterocycles. The Morgan fingerprint density at radius 2 is 2.24 bits per heavy atom. The molecule has 5 nitrogen and oxygen atoms in total. The minimum Gasteiger partial charge on any atom is -0.326 e. The van der Waals surface area contributed by atoms with Crippen molar-refractivity contribution in [1.82, 2.24) is 9.29 Å². The summed E-state index contributed by atoms with van der Waals surface area (Å²) in [4.78, 5) is 4.71. The zero-order valence-electron chi connectivity index (χ0n) is 11.7. The van der Waals surface area contributed by atoms with E-state index in [2.05, 4.69) is 4.98 Å². The van der Waals surface area contributed by atoms with Crippen molar-refractivity contribution in [2.45, 2.75) is 24.3 Å². The fourth-order valence-electron chi connectivity index (χ4n) is 2.40. The molecule has 2 N–H and O–H groups in total. The van der Waals surface area contributed by atoms with Crippen LogP contribution >= 0.6 is 11.3 Å². The summed E-state index contributed by atoms with van der Waals surface area (Å²) >= 11 is 1.52. The van der Waals surface area contributed by atoms with Crippen molar-refractivity contribution in [1.29, 1.82) is 0 Å². The van der Waals surface area contributed by atoms with Gasteiger partial charge in [0.2, 0.25) is 10.0 Å². The molecule has 1 aliphatic heterocycles. The lowest BCUT2D eigenvalue weighted by Crippen LogP contribution is -2.31. The summed E-state index contributed by atoms with van der Waals surface area (Å²) in [5.41, 5.74) is 7.58. The van der Waals surface area contributed by atoms with E-state index in [0.717, 1.165) is 16.3 Å². The number of aromatic nitrogens is 1. The van der Waals surface area contributed by atoms with Crippen molar-refractivity contribution in [3.8, 4) is 10.6 Å². The third-order valence-electron chi connectivity index (χ3n) is 3.53. The molecule has 0 bridgehead atoms. The molecule has 1 aromatic carbocycles. The number of hydrogen-bond donors (Lipinski definition) is 1. The maximum absolute atomic E-state index is 12.6. The second kappa shape index (κ2) is 5.49. The first-order valence-electron chi connectivity index (χ1n) is 6.75. The normalized spacial score (nSPS) is 20.0. The maximum atomic E-state index is 12.6. The second-order valence-electron chi connectivity index (χ2n) is 5.23. The number of sulfonamides is 1. The van der Waals surface area contributed by atoms with Crippen molar-refractivity contribution in [2.75, 3.05) is 13.1 Å². The monoisotopic (exact) mass is 323 g/mol. The third-order valence-corrected chi connectivity index (χ3v) is 6.40. The second-order valence-corrected chi connectivity index (χ2v) is 8.03. The Bertz CT molecular complexity index is 755. The highest BCUT2D eigenvalue weighted by atomic mass is 32.2. The Morgan fingerprint density at radius 1 is 1.43 bits per heavy atom. The van der Waals surface area contributed by atoms with Crippen LogP contribution in [0.25, 0.3) is 10.6 Å². The minimum absolute atomic E-state index is 0.0652. The summed E-state index contributed by atoms with van der Waals surface area (Å²) < 4.78 is 26.7. The number of nitrogens with two attached hydrogens (primary N) is 1. The molecule has 7 heteroatoms. The van der Waals surface area contributed by atoms with Gasteiger partial charge in [0.05, 0.1) is 4.90 Å². The van der Waals surface area contributed by atoms with Gasteiger partial charge in [0, 0.05) is 35.8 Å². The standard InChI is InChI=1S/C14H17N3O2S2/c1-10-9-20-14(16-10)11-3-2-4-13(7-11)21(18,19)17-6-5-12(15)8-17/h2-4,7,9,12H,5-6,8,15H2,1H3/t12-/m0/s1. The van der Waals surface area contributed by atoms with Crippen LogP contribution in [0, 0.1) is 6.92 Å². The quantitative estimate of drug-likeness (QED) is 0.935. The van der Waals surface area contributed by atoms with Gasteiger partial charge in [0.15, 0.2) is 0 Å². The molecule has 1 fully saturated rings. The molecule has 0 spiro atoms. The molecule has 0 aliphatic carbocycles. The van der Waals surface area contributed by atoms with Crippen molar-refractivity contribution in [3.63, 3.8) is 0 Å². The van der Waals surface area contributed by atoms with Crippen molar-refractivity contribution in [3.05, 3.63) is 35.3 Å². The van der Waals surface area contributed by atoms with E-state index >= 15 is 0 Å². The smallest absolute Gasteiger partial charge is 0.243 e. The molecule has 112 valence electrons. The van der Waals surface area contributed by atoms with E-state index in [4.69, 9.17) is 5.73 Å². The predicted molar refractivity (Wildman–Crippen MR) is 83.6 cm³/mol. The first kappa shape index (κ1) is 14.6. The molecule has 3 rings (SSSR count). The first-order valence-corrected chi connectivity index (χ1v) is 9.07. The average Bonchev–Trinajstić information content (AvgIpc) is 3.08. The van der Waals surface area contributed by atoms with Crippen LogP contribution in [0.4, 0.5) is 0 Å². The molecular formula is C14H17N3O2S2. The summed E-state index contributed by atoms with van der Waals surface area (Å²) in [5, 5.41) is 2.79. The van der Waals surface area contributed by atoms with E-state index in [-0.39, 0.29) is 6.04 Å². The molecule has 2 aromatic rings. The van der Waals surface area contributed by atoms with Gasteiger partial charge < -0.3 is 5.73 Å². The zero-order valence-corrected chi connectivity index (χ0v) is 13.3. The van der Waals surface area contributed by atoms with Crippen LogP contribution in [0.15, 0.2) is 34.5 Å². The predicted octanol–water partition coefficient (Wildman–Crippen LogP) is 1.84. The molecule has 1 aliphatic rings. The van der Waals surface area contributed by atoms with Gasteiger partial charge in [-0.25, -0.2) is 13.4 Å². The zero-order chi connectivity index (χ0) is 15.0. The molecule has 1 atom stereocenters. The average molecular weight is 323 g/mol. The molecular weight excluding hydrogens is 306 g/mol. The lowest BCUT2D eigenvalue weighted by molar-refractivity contribution is 0.472. The first-order chi connectivity index (χ1) is 9.96. The Hall–Kier alpha value is -1.28. The number of nitrogens with zero attached hydrogens (tertiary/aromatic N) is 2. The van der Waals surface area contributed by atoms with E-state index in [9.17, 15) is 8.42 Å². The maximum Gasteiger partial charge on any atom is 0.243 e. The van der Waals surface area contributed by atoms with Gasteiger partial charge in [0.25, 0.3) is 0 Å². The highest BCUT2D eigenvalue weighted by molar-refractivity contribution is 7.89. The van der Waals surface area contributed by atoms with Gasteiger partial charge in [-0.1, -0.05) is 12.1 Å². The van der Waals surface area contributed by atoms with E-state index in [0.29, 0.717) is 24.4 Å². The highest BCUT2D eigenvalue weighted by Crippen LogP contribution is 2.27. The van der Waals surface area contributed by atoms with Gasteiger partial charge >= 0.3 is 0 Å². The highest BCUT2D eigenvalue weighted by Gasteiger charge is 2.31. The van der Waals surface area contributed by atoms with E-state index < -0.39 is 10.0 Å². The Labute approximate surface area is 128 Å². The largest absolute Gasteiger partial charge is 0.326 e. The Kier molecular flexibility index (Phi) is 3.83. The SMILES string of the molecule is Cc1csc(-c2cccc(S(=O)(=O)N3CC[C@H](N)C3)c2)n1. The molecule has 0 unspecified atom stereocenters. The minimum atomic E-state index is -3.47. The molecule has 1 aromatic heterocycles. The van der Waals surface area contributed by atoms with Gasteiger partial charge in [-0.3, -0.25) is 0 Å². The van der Waals surface area contributed by atoms with Crippen LogP contribution in [0.1, 0.15) is 12.1 Å². The molecule has 0 saturated carbocycles. The van der Waals surface area contributed by atoms with Crippen LogP contribution < -0.4 is 5.73 Å². The van der Waals surface area contributed by atoms with Crippen LogP contribution in [0.2, 0.25) is 0 Å². The molecule has 21 heavy (non-hydrogen) atoms. The lowest BCUT2D eigenvalue weighted by Gasteiger charge is -2.16. The topological polar surface area (TPSA) is 76.3 Å². The van der Waals surface area contributed by atoms with E-state index in [1.807, 2.05) is 18.4 Å². The number of rotatable bonds is 3. The number of thiazole rings is 1. The Balaban J connectivity index is 1.96. The van der Waals surface area contributed by atoms with Crippen molar-refractivity contribution >= 4 is 21.4 Å². The van der Waals surface area contributed by atoms with E-state index in [1.165, 1.54) is 15.6 Å². The summed E-state index contributed by atoms with van der Waals surface area (Å²) in [7, 11) is -3.47. The van der Waals surface area contributed by atoms with Gasteiger partial charge in [0.1, 0.15) is 5.01 Å². The van der Waals surface area contributed by atoms with Gasteiger partial charge in [-0.05, 0) is 25.5 Å². The fourth-order valence-corrected chi connectivity index (χ4v) is 4.75.